The van der Waals surface area contributed by atoms with Crippen LogP contribution in [-0.4, -0.2) is 106 Å². The van der Waals surface area contributed by atoms with Crippen LogP contribution in [0.15, 0.2) is 0 Å². The molecule has 0 aliphatic carbocycles. The second-order valence-electron chi connectivity index (χ2n) is 4.21. The molecule has 0 aliphatic heterocycles. The fourth-order valence-electron chi connectivity index (χ4n) is 1.84. The Morgan fingerprint density at radius 3 is 1.68 bits per heavy atom. The number of carbonyl (C=O) groups is 2. The first kappa shape index (κ1) is 24.9. The molecule has 0 fully saturated rings. The van der Waals surface area contributed by atoms with Gasteiger partial charge in [0.2, 0.25) is 0 Å². The number of hydrogen-bond acceptors (Lipinski definition) is 3. The van der Waals surface area contributed by atoms with Crippen LogP contribution in [0.2, 0.25) is 0 Å². The predicted molar refractivity (Wildman–Crippen MR) is 79.3 cm³/mol. The van der Waals surface area contributed by atoms with E-state index < -0.39 is 17.9 Å². The van der Waals surface area contributed by atoms with Gasteiger partial charge in [-0.05, 0) is 45.3 Å². The van der Waals surface area contributed by atoms with Gasteiger partial charge in [-0.25, -0.2) is 0 Å². The van der Waals surface area contributed by atoms with Crippen LogP contribution in [0.5, 0.6) is 0 Å². The molecule has 0 saturated heterocycles. The van der Waals surface area contributed by atoms with Crippen LogP contribution in [0, 0.1) is 5.92 Å². The van der Waals surface area contributed by atoms with Gasteiger partial charge in [-0.3, -0.25) is 9.59 Å². The summed E-state index contributed by atoms with van der Waals surface area (Å²) in [6.45, 7) is 6.94. The summed E-state index contributed by atoms with van der Waals surface area (Å²) in [5.41, 5.74) is 0. The van der Waals surface area contributed by atoms with Crippen LogP contribution in [-0.2, 0) is 9.59 Å². The van der Waals surface area contributed by atoms with E-state index in [-0.39, 0.29) is 65.5 Å². The Bertz CT molecular complexity index is 232. The van der Waals surface area contributed by atoms with E-state index in [2.05, 4.69) is 18.7 Å². The molecule has 0 rings (SSSR count). The molecule has 19 heavy (non-hydrogen) atoms. The van der Waals surface area contributed by atoms with Gasteiger partial charge in [-0.1, -0.05) is 13.8 Å². The summed E-state index contributed by atoms with van der Waals surface area (Å²) in [4.78, 5) is 23.6. The quantitative estimate of drug-likeness (QED) is 0.450. The molecular formula is C12H25NNa2O4. The van der Waals surface area contributed by atoms with Gasteiger partial charge in [0, 0.05) is 0 Å². The summed E-state index contributed by atoms with van der Waals surface area (Å²) in [7, 11) is 0. The van der Waals surface area contributed by atoms with E-state index in [9.17, 15) is 9.59 Å². The van der Waals surface area contributed by atoms with Crippen molar-refractivity contribution in [2.45, 2.75) is 39.5 Å². The number of nitrogens with zero attached hydrogens (tertiary/aromatic N) is 1. The Labute approximate surface area is 159 Å². The van der Waals surface area contributed by atoms with Crippen LogP contribution in [0.25, 0.3) is 0 Å². The topological polar surface area (TPSA) is 77.8 Å². The normalized spacial score (nSPS) is 9.89. The minimum atomic E-state index is -1.26. The van der Waals surface area contributed by atoms with Gasteiger partial charge < -0.3 is 15.1 Å². The van der Waals surface area contributed by atoms with Crippen molar-refractivity contribution in [3.8, 4) is 0 Å². The van der Waals surface area contributed by atoms with Crippen LogP contribution < -0.4 is 0 Å². The summed E-state index contributed by atoms with van der Waals surface area (Å²) in [5, 5.41) is 17.4. The van der Waals surface area contributed by atoms with Gasteiger partial charge >= 0.3 is 71.1 Å². The summed E-state index contributed by atoms with van der Waals surface area (Å²) in [6.07, 6.45) is 2.93. The molecule has 0 bridgehead atoms. The van der Waals surface area contributed by atoms with Crippen LogP contribution in [0.1, 0.15) is 39.5 Å². The monoisotopic (exact) mass is 293 g/mol. The fourth-order valence-corrected chi connectivity index (χ4v) is 1.84. The van der Waals surface area contributed by atoms with Crippen molar-refractivity contribution in [3.63, 3.8) is 0 Å². The number of rotatable bonds is 10. The van der Waals surface area contributed by atoms with Crippen molar-refractivity contribution in [2.75, 3.05) is 19.6 Å². The SMILES string of the molecule is CCCN(CCC)CCCC(C(=O)O)C(=O)O.[NaH].[NaH]. The van der Waals surface area contributed by atoms with Crippen LogP contribution in [0.3, 0.4) is 0 Å². The first-order chi connectivity index (χ1) is 8.02. The van der Waals surface area contributed by atoms with Crippen molar-refractivity contribution >= 4 is 71.1 Å². The Hall–Kier alpha value is 0.900. The van der Waals surface area contributed by atoms with Crippen LogP contribution in [0.4, 0.5) is 0 Å². The Balaban J connectivity index is -0.00000128. The molecule has 104 valence electrons. The molecule has 7 heteroatoms. The zero-order valence-corrected chi connectivity index (χ0v) is 10.7. The van der Waals surface area contributed by atoms with E-state index in [1.165, 1.54) is 0 Å². The second kappa shape index (κ2) is 15.3. The van der Waals surface area contributed by atoms with Crippen molar-refractivity contribution < 1.29 is 19.8 Å². The molecule has 0 aromatic carbocycles. The third-order valence-corrected chi connectivity index (χ3v) is 2.64. The average Bonchev–Trinajstić information content (AvgIpc) is 2.23. The predicted octanol–water partition coefficient (Wildman–Crippen LogP) is 0.377. The molecule has 0 unspecified atom stereocenters. The van der Waals surface area contributed by atoms with Crippen molar-refractivity contribution in [1.29, 1.82) is 0 Å². The molecule has 0 amide bonds. The zero-order chi connectivity index (χ0) is 13.3. The van der Waals surface area contributed by atoms with E-state index in [1.807, 2.05) is 0 Å². The molecule has 0 aliphatic rings. The van der Waals surface area contributed by atoms with Gasteiger partial charge in [-0.2, -0.15) is 0 Å². The molecule has 0 radical (unpaired) electrons. The Morgan fingerprint density at radius 2 is 1.37 bits per heavy atom. The first-order valence-electron chi connectivity index (χ1n) is 6.20. The molecule has 0 spiro atoms. The summed E-state index contributed by atoms with van der Waals surface area (Å²) in [5.74, 6) is -3.75. The van der Waals surface area contributed by atoms with Crippen molar-refractivity contribution in [2.24, 2.45) is 5.92 Å². The first-order valence-corrected chi connectivity index (χ1v) is 6.20. The number of carboxylic acid groups (broad SMARTS) is 2. The molecule has 0 saturated carbocycles. The van der Waals surface area contributed by atoms with Gasteiger partial charge in [-0.15, -0.1) is 0 Å². The standard InChI is InChI=1S/C12H23NO4.2Na.2H/c1-3-7-13(8-4-2)9-5-6-10(11(14)15)12(16)17;;;;/h10H,3-9H2,1-2H3,(H,14,15)(H,16,17);;;;. The van der Waals surface area contributed by atoms with E-state index in [0.717, 1.165) is 32.5 Å². The summed E-state index contributed by atoms with van der Waals surface area (Å²) in [6, 6.07) is 0. The van der Waals surface area contributed by atoms with Gasteiger partial charge in [0.05, 0.1) is 0 Å². The number of carboxylic acids is 2. The minimum absolute atomic E-state index is 0. The second-order valence-corrected chi connectivity index (χ2v) is 4.21. The molecular weight excluding hydrogens is 268 g/mol. The van der Waals surface area contributed by atoms with E-state index in [1.54, 1.807) is 0 Å². The van der Waals surface area contributed by atoms with Crippen molar-refractivity contribution in [1.82, 2.24) is 4.90 Å². The van der Waals surface area contributed by atoms with Gasteiger partial charge in [0.15, 0.2) is 5.92 Å². The summed E-state index contributed by atoms with van der Waals surface area (Å²) >= 11 is 0. The van der Waals surface area contributed by atoms with E-state index >= 15 is 0 Å². The molecule has 0 atom stereocenters. The maximum atomic E-state index is 10.7. The third kappa shape index (κ3) is 12.4. The molecule has 0 aromatic rings. The Morgan fingerprint density at radius 1 is 0.947 bits per heavy atom. The summed E-state index contributed by atoms with van der Waals surface area (Å²) < 4.78 is 0. The fraction of sp³-hybridized carbons (Fsp3) is 0.833. The zero-order valence-electron chi connectivity index (χ0n) is 10.7. The molecule has 0 heterocycles. The maximum absolute atomic E-state index is 10.7. The third-order valence-electron chi connectivity index (χ3n) is 2.64. The van der Waals surface area contributed by atoms with Gasteiger partial charge in [0.1, 0.15) is 0 Å². The van der Waals surface area contributed by atoms with E-state index in [0.29, 0.717) is 6.42 Å². The van der Waals surface area contributed by atoms with Crippen molar-refractivity contribution in [3.05, 3.63) is 0 Å². The molecule has 5 nitrogen and oxygen atoms in total. The number of hydrogen-bond donors (Lipinski definition) is 2. The van der Waals surface area contributed by atoms with E-state index in [4.69, 9.17) is 10.2 Å². The van der Waals surface area contributed by atoms with Gasteiger partial charge in [0.25, 0.3) is 0 Å². The Kier molecular flexibility index (Phi) is 20.0. The average molecular weight is 293 g/mol. The van der Waals surface area contributed by atoms with Crippen LogP contribution >= 0.6 is 0 Å². The molecule has 2 N–H and O–H groups in total. The molecule has 0 aromatic heterocycles. The number of aliphatic carboxylic acids is 2.